The highest BCUT2D eigenvalue weighted by atomic mass is 19.1. The largest absolute Gasteiger partial charge is 0.333 e. The van der Waals surface area contributed by atoms with Crippen molar-refractivity contribution in [3.63, 3.8) is 0 Å². The van der Waals surface area contributed by atoms with Gasteiger partial charge in [-0.25, -0.2) is 4.39 Å². The first-order valence-electron chi connectivity index (χ1n) is 3.97. The molecule has 0 spiro atoms. The molecule has 2 heterocycles. The molecule has 1 aromatic rings. The number of halogens is 1. The second-order valence-electron chi connectivity index (χ2n) is 2.94. The van der Waals surface area contributed by atoms with Gasteiger partial charge >= 0.3 is 0 Å². The standard InChI is InChI=1S/C8H8FN3O/c9-7-4-12(5-7)8(13)6-1-2-10-11-3-6/h1-3,7H,4-5H2. The summed E-state index contributed by atoms with van der Waals surface area (Å²) in [5, 5.41) is 7.13. The van der Waals surface area contributed by atoms with Crippen LogP contribution in [0.15, 0.2) is 18.5 Å². The van der Waals surface area contributed by atoms with Gasteiger partial charge in [-0.2, -0.15) is 10.2 Å². The van der Waals surface area contributed by atoms with Gasteiger partial charge in [-0.3, -0.25) is 4.79 Å². The molecule has 68 valence electrons. The van der Waals surface area contributed by atoms with E-state index in [4.69, 9.17) is 0 Å². The summed E-state index contributed by atoms with van der Waals surface area (Å²) in [6, 6.07) is 1.57. The second kappa shape index (κ2) is 3.08. The molecule has 0 N–H and O–H groups in total. The predicted octanol–water partition coefficient (Wildman–Crippen LogP) is 0.270. The summed E-state index contributed by atoms with van der Waals surface area (Å²) in [6.07, 6.45) is 1.96. The van der Waals surface area contributed by atoms with Gasteiger partial charge in [0.05, 0.1) is 31.0 Å². The van der Waals surface area contributed by atoms with Gasteiger partial charge in [0.25, 0.3) is 5.91 Å². The highest BCUT2D eigenvalue weighted by Gasteiger charge is 2.30. The van der Waals surface area contributed by atoms with Gasteiger partial charge in [-0.05, 0) is 6.07 Å². The van der Waals surface area contributed by atoms with E-state index in [1.807, 2.05) is 0 Å². The van der Waals surface area contributed by atoms with Gasteiger partial charge in [-0.15, -0.1) is 0 Å². The number of rotatable bonds is 1. The Balaban J connectivity index is 2.06. The predicted molar refractivity (Wildman–Crippen MR) is 42.8 cm³/mol. The number of likely N-dealkylation sites (tertiary alicyclic amines) is 1. The second-order valence-corrected chi connectivity index (χ2v) is 2.94. The van der Waals surface area contributed by atoms with Gasteiger partial charge in [-0.1, -0.05) is 0 Å². The van der Waals surface area contributed by atoms with E-state index < -0.39 is 6.17 Å². The fourth-order valence-corrected chi connectivity index (χ4v) is 1.19. The van der Waals surface area contributed by atoms with Crippen molar-refractivity contribution in [2.45, 2.75) is 6.17 Å². The molecule has 5 heteroatoms. The van der Waals surface area contributed by atoms with Crippen LogP contribution in [0.3, 0.4) is 0 Å². The number of hydrogen-bond donors (Lipinski definition) is 0. The number of hydrogen-bond acceptors (Lipinski definition) is 3. The van der Waals surface area contributed by atoms with E-state index in [0.717, 1.165) is 0 Å². The van der Waals surface area contributed by atoms with Crippen LogP contribution in [-0.2, 0) is 0 Å². The topological polar surface area (TPSA) is 46.1 Å². The van der Waals surface area contributed by atoms with Crippen molar-refractivity contribution in [2.24, 2.45) is 0 Å². The van der Waals surface area contributed by atoms with Crippen LogP contribution >= 0.6 is 0 Å². The lowest BCUT2D eigenvalue weighted by Crippen LogP contribution is -2.51. The maximum atomic E-state index is 12.4. The lowest BCUT2D eigenvalue weighted by Gasteiger charge is -2.34. The zero-order valence-electron chi connectivity index (χ0n) is 6.85. The van der Waals surface area contributed by atoms with E-state index in [2.05, 4.69) is 10.2 Å². The Hall–Kier alpha value is -1.52. The summed E-state index contributed by atoms with van der Waals surface area (Å²) in [6.45, 7) is 0.391. The molecule has 1 saturated heterocycles. The van der Waals surface area contributed by atoms with Crippen molar-refractivity contribution in [1.29, 1.82) is 0 Å². The number of nitrogens with zero attached hydrogens (tertiary/aromatic N) is 3. The average Bonchev–Trinajstić information content (AvgIpc) is 2.13. The Morgan fingerprint density at radius 2 is 2.31 bits per heavy atom. The highest BCUT2D eigenvalue weighted by Crippen LogP contribution is 2.14. The molecular weight excluding hydrogens is 173 g/mol. The van der Waals surface area contributed by atoms with E-state index in [-0.39, 0.29) is 19.0 Å². The number of carbonyl (C=O) groups is 1. The highest BCUT2D eigenvalue weighted by molar-refractivity contribution is 5.94. The first-order valence-corrected chi connectivity index (χ1v) is 3.97. The minimum atomic E-state index is -0.862. The van der Waals surface area contributed by atoms with Crippen LogP contribution in [-0.4, -0.2) is 40.3 Å². The molecule has 0 aromatic carbocycles. The van der Waals surface area contributed by atoms with Crippen molar-refractivity contribution < 1.29 is 9.18 Å². The molecule has 0 aliphatic carbocycles. The van der Waals surface area contributed by atoms with Crippen LogP contribution in [0.2, 0.25) is 0 Å². The van der Waals surface area contributed by atoms with Crippen molar-refractivity contribution >= 4 is 5.91 Å². The molecule has 4 nitrogen and oxygen atoms in total. The first kappa shape index (κ1) is 8.10. The number of amides is 1. The third kappa shape index (κ3) is 1.49. The maximum Gasteiger partial charge on any atom is 0.255 e. The van der Waals surface area contributed by atoms with Gasteiger partial charge in [0.2, 0.25) is 0 Å². The number of aromatic nitrogens is 2. The molecular formula is C8H8FN3O. The summed E-state index contributed by atoms with van der Waals surface area (Å²) in [4.78, 5) is 12.9. The maximum absolute atomic E-state index is 12.4. The van der Waals surface area contributed by atoms with Crippen molar-refractivity contribution in [3.05, 3.63) is 24.0 Å². The zero-order chi connectivity index (χ0) is 9.26. The summed E-state index contributed by atoms with van der Waals surface area (Å²) in [7, 11) is 0. The number of alkyl halides is 1. The van der Waals surface area contributed by atoms with Gasteiger partial charge < -0.3 is 4.90 Å². The molecule has 1 aliphatic rings. The van der Waals surface area contributed by atoms with Gasteiger partial charge in [0, 0.05) is 0 Å². The minimum absolute atomic E-state index is 0.177. The zero-order valence-corrected chi connectivity index (χ0v) is 6.85. The van der Waals surface area contributed by atoms with Crippen LogP contribution < -0.4 is 0 Å². The SMILES string of the molecule is O=C(c1ccnnc1)N1CC(F)C1. The molecule has 2 rings (SSSR count). The number of carbonyl (C=O) groups excluding carboxylic acids is 1. The van der Waals surface area contributed by atoms with E-state index in [9.17, 15) is 9.18 Å². The summed E-state index contributed by atoms with van der Waals surface area (Å²) >= 11 is 0. The summed E-state index contributed by atoms with van der Waals surface area (Å²) in [5.41, 5.74) is 0.460. The molecule has 1 fully saturated rings. The quantitative estimate of drug-likeness (QED) is 0.624. The van der Waals surface area contributed by atoms with Crippen molar-refractivity contribution in [2.75, 3.05) is 13.1 Å². The molecule has 0 bridgehead atoms. The molecule has 1 aliphatic heterocycles. The lowest BCUT2D eigenvalue weighted by molar-refractivity contribution is 0.0399. The van der Waals surface area contributed by atoms with Gasteiger partial charge in [0.1, 0.15) is 6.17 Å². The minimum Gasteiger partial charge on any atom is -0.333 e. The molecule has 0 radical (unpaired) electrons. The fraction of sp³-hybridized carbons (Fsp3) is 0.375. The van der Waals surface area contributed by atoms with Gasteiger partial charge in [0.15, 0.2) is 0 Å². The van der Waals surface area contributed by atoms with Crippen LogP contribution in [0.4, 0.5) is 4.39 Å². The Kier molecular flexibility index (Phi) is 1.92. The summed E-state index contributed by atoms with van der Waals surface area (Å²) in [5.74, 6) is -0.177. The Labute approximate surface area is 74.4 Å². The smallest absolute Gasteiger partial charge is 0.255 e. The molecule has 0 atom stereocenters. The molecule has 0 saturated carbocycles. The molecule has 0 unspecified atom stereocenters. The van der Waals surface area contributed by atoms with Crippen LogP contribution in [0.25, 0.3) is 0 Å². The van der Waals surface area contributed by atoms with Crippen LogP contribution in [0, 0.1) is 0 Å². The monoisotopic (exact) mass is 181 g/mol. The van der Waals surface area contributed by atoms with Crippen LogP contribution in [0.5, 0.6) is 0 Å². The Bertz CT molecular complexity index is 310. The average molecular weight is 181 g/mol. The van der Waals surface area contributed by atoms with E-state index in [1.165, 1.54) is 17.3 Å². The Morgan fingerprint density at radius 3 is 2.85 bits per heavy atom. The van der Waals surface area contributed by atoms with Crippen molar-refractivity contribution in [1.82, 2.24) is 15.1 Å². The van der Waals surface area contributed by atoms with E-state index in [0.29, 0.717) is 5.56 Å². The summed E-state index contributed by atoms with van der Waals surface area (Å²) < 4.78 is 12.4. The normalized spacial score (nSPS) is 16.8. The van der Waals surface area contributed by atoms with Crippen molar-refractivity contribution in [3.8, 4) is 0 Å². The lowest BCUT2D eigenvalue weighted by atomic mass is 10.1. The third-order valence-corrected chi connectivity index (χ3v) is 1.96. The molecule has 1 amide bonds. The first-order chi connectivity index (χ1) is 6.27. The molecule has 1 aromatic heterocycles. The van der Waals surface area contributed by atoms with Crippen LogP contribution in [0.1, 0.15) is 10.4 Å². The molecule has 13 heavy (non-hydrogen) atoms. The Morgan fingerprint density at radius 1 is 1.54 bits per heavy atom. The third-order valence-electron chi connectivity index (χ3n) is 1.96. The van der Waals surface area contributed by atoms with E-state index in [1.54, 1.807) is 6.07 Å². The fourth-order valence-electron chi connectivity index (χ4n) is 1.19. The van der Waals surface area contributed by atoms with E-state index >= 15 is 0 Å².